The number of morpholine rings is 1. The number of amides is 3. The molecule has 0 aliphatic carbocycles. The number of aliphatic hydroxyl groups excluding tert-OH is 1. The van der Waals surface area contributed by atoms with Crippen molar-refractivity contribution in [1.29, 1.82) is 0 Å². The van der Waals surface area contributed by atoms with E-state index in [-0.39, 0.29) is 36.2 Å². The third-order valence-electron chi connectivity index (χ3n) is 6.79. The summed E-state index contributed by atoms with van der Waals surface area (Å²) in [6.07, 6.45) is -0.771. The van der Waals surface area contributed by atoms with Crippen LogP contribution in [0.15, 0.2) is 16.7 Å². The van der Waals surface area contributed by atoms with Gasteiger partial charge in [0.25, 0.3) is 0 Å². The zero-order valence-electron chi connectivity index (χ0n) is 18.3. The first-order chi connectivity index (χ1) is 15.7. The predicted molar refractivity (Wildman–Crippen MR) is 111 cm³/mol. The number of halogens is 2. The van der Waals surface area contributed by atoms with Gasteiger partial charge in [0.05, 0.1) is 35.2 Å². The standard InChI is InChI=1S/C22H24F2N4O5/c1-4-12-8-32-18(25-12)13-5-11-6-22(19(29)26-21(31)27-20(22)30)17-10(3)33-9(2)7-28(17)16(11)15(24)14(13)23/h5,8-10,17,19,29H,4,6-7H2,1-3H3,(H2,26,27,30,31). The Morgan fingerprint density at radius 3 is 2.73 bits per heavy atom. The SMILES string of the molecule is CCc1coc(-c2cc3c(c(F)c2F)N2CC(C)OC(C)C2C2(C3)C(=O)NC(=O)NC2O)n1. The molecule has 2 saturated heterocycles. The molecular formula is C22H24F2N4O5. The lowest BCUT2D eigenvalue weighted by atomic mass is 9.66. The second kappa shape index (κ2) is 7.49. The summed E-state index contributed by atoms with van der Waals surface area (Å²) < 4.78 is 42.1. The van der Waals surface area contributed by atoms with Gasteiger partial charge in [-0.15, -0.1) is 0 Å². The summed E-state index contributed by atoms with van der Waals surface area (Å²) in [7, 11) is 0. The lowest BCUT2D eigenvalue weighted by Gasteiger charge is -2.57. The minimum Gasteiger partial charge on any atom is -0.444 e. The molecule has 3 aliphatic heterocycles. The molecule has 0 bridgehead atoms. The quantitative estimate of drug-likeness (QED) is 0.624. The number of aryl methyl sites for hydroxylation is 1. The Balaban J connectivity index is 1.73. The minimum absolute atomic E-state index is 0.00745. The molecule has 176 valence electrons. The molecule has 3 amide bonds. The first kappa shape index (κ1) is 21.8. The minimum atomic E-state index is -1.59. The molecule has 5 atom stereocenters. The van der Waals surface area contributed by atoms with Crippen molar-refractivity contribution in [2.45, 2.75) is 58.1 Å². The van der Waals surface area contributed by atoms with Crippen molar-refractivity contribution < 1.29 is 32.6 Å². The number of carbonyl (C=O) groups is 2. The average molecular weight is 462 g/mol. The topological polar surface area (TPSA) is 117 Å². The van der Waals surface area contributed by atoms with E-state index in [0.717, 1.165) is 0 Å². The van der Waals surface area contributed by atoms with E-state index in [1.807, 2.05) is 6.92 Å². The van der Waals surface area contributed by atoms with Crippen LogP contribution in [0.25, 0.3) is 11.5 Å². The third-order valence-corrected chi connectivity index (χ3v) is 6.79. The number of benzene rings is 1. The molecule has 11 heteroatoms. The molecule has 4 heterocycles. The number of oxazole rings is 1. The van der Waals surface area contributed by atoms with Gasteiger partial charge in [-0.05, 0) is 38.3 Å². The van der Waals surface area contributed by atoms with Gasteiger partial charge in [-0.25, -0.2) is 18.6 Å². The van der Waals surface area contributed by atoms with Crippen LogP contribution in [0.3, 0.4) is 0 Å². The highest BCUT2D eigenvalue weighted by Crippen LogP contribution is 2.50. The number of anilines is 1. The third kappa shape index (κ3) is 3.06. The molecular weight excluding hydrogens is 438 g/mol. The highest BCUT2D eigenvalue weighted by atomic mass is 19.2. The number of carbonyl (C=O) groups excluding carboxylic acids is 2. The normalized spacial score (nSPS) is 31.2. The Kier molecular flexibility index (Phi) is 4.94. The van der Waals surface area contributed by atoms with Gasteiger partial charge in [0.15, 0.2) is 11.6 Å². The van der Waals surface area contributed by atoms with E-state index in [9.17, 15) is 14.7 Å². The highest BCUT2D eigenvalue weighted by molar-refractivity contribution is 6.02. The molecule has 5 rings (SSSR count). The predicted octanol–water partition coefficient (Wildman–Crippen LogP) is 1.86. The van der Waals surface area contributed by atoms with E-state index in [4.69, 9.17) is 9.15 Å². The van der Waals surface area contributed by atoms with Crippen LogP contribution < -0.4 is 15.5 Å². The van der Waals surface area contributed by atoms with Crippen LogP contribution in [-0.2, 0) is 22.4 Å². The van der Waals surface area contributed by atoms with Crippen molar-refractivity contribution in [3.05, 3.63) is 35.2 Å². The Morgan fingerprint density at radius 2 is 2.06 bits per heavy atom. The Labute approximate surface area is 188 Å². The molecule has 2 fully saturated rings. The molecule has 3 N–H and O–H groups in total. The van der Waals surface area contributed by atoms with Gasteiger partial charge in [0.2, 0.25) is 11.8 Å². The summed E-state index contributed by atoms with van der Waals surface area (Å²) in [6.45, 7) is 5.51. The van der Waals surface area contributed by atoms with E-state index in [2.05, 4.69) is 15.6 Å². The second-order valence-electron chi connectivity index (χ2n) is 8.85. The lowest BCUT2D eigenvalue weighted by Crippen LogP contribution is -2.76. The number of rotatable bonds is 2. The smallest absolute Gasteiger partial charge is 0.323 e. The Hall–Kier alpha value is -3.05. The molecule has 1 aromatic carbocycles. The van der Waals surface area contributed by atoms with E-state index < -0.39 is 47.4 Å². The second-order valence-corrected chi connectivity index (χ2v) is 8.85. The van der Waals surface area contributed by atoms with Gasteiger partial charge in [-0.3, -0.25) is 10.1 Å². The number of imide groups is 1. The van der Waals surface area contributed by atoms with Crippen LogP contribution in [-0.4, -0.2) is 53.1 Å². The summed E-state index contributed by atoms with van der Waals surface area (Å²) in [5.74, 6) is -2.98. The van der Waals surface area contributed by atoms with E-state index >= 15 is 8.78 Å². The van der Waals surface area contributed by atoms with Crippen molar-refractivity contribution in [3.63, 3.8) is 0 Å². The number of aromatic nitrogens is 1. The molecule has 5 unspecified atom stereocenters. The first-order valence-electron chi connectivity index (χ1n) is 10.8. The van der Waals surface area contributed by atoms with Crippen LogP contribution >= 0.6 is 0 Å². The van der Waals surface area contributed by atoms with Gasteiger partial charge in [-0.2, -0.15) is 0 Å². The van der Waals surface area contributed by atoms with Gasteiger partial charge in [0.1, 0.15) is 17.9 Å². The Morgan fingerprint density at radius 1 is 1.30 bits per heavy atom. The zero-order chi connectivity index (χ0) is 23.7. The maximum Gasteiger partial charge on any atom is 0.323 e. The van der Waals surface area contributed by atoms with Crippen LogP contribution in [0, 0.1) is 17.0 Å². The molecule has 0 radical (unpaired) electrons. The van der Waals surface area contributed by atoms with Crippen molar-refractivity contribution in [2.75, 3.05) is 11.4 Å². The van der Waals surface area contributed by atoms with E-state index in [1.165, 1.54) is 12.3 Å². The molecule has 9 nitrogen and oxygen atoms in total. The molecule has 1 aromatic heterocycles. The molecule has 0 saturated carbocycles. The number of ether oxygens (including phenoxy) is 1. The van der Waals surface area contributed by atoms with Crippen molar-refractivity contribution >= 4 is 17.6 Å². The summed E-state index contributed by atoms with van der Waals surface area (Å²) >= 11 is 0. The van der Waals surface area contributed by atoms with Crippen LogP contribution in [0.2, 0.25) is 0 Å². The number of fused-ring (bicyclic) bond motifs is 4. The molecule has 1 spiro atoms. The first-order valence-corrected chi connectivity index (χ1v) is 10.8. The maximum absolute atomic E-state index is 15.6. The van der Waals surface area contributed by atoms with Gasteiger partial charge >= 0.3 is 6.03 Å². The van der Waals surface area contributed by atoms with Crippen LogP contribution in [0.5, 0.6) is 0 Å². The summed E-state index contributed by atoms with van der Waals surface area (Å²) in [6, 6.07) is -0.283. The zero-order valence-corrected chi connectivity index (χ0v) is 18.3. The van der Waals surface area contributed by atoms with Gasteiger partial charge < -0.3 is 24.5 Å². The van der Waals surface area contributed by atoms with Gasteiger partial charge in [0, 0.05) is 6.54 Å². The number of nitrogens with one attached hydrogen (secondary N) is 2. The number of nitrogens with zero attached hydrogens (tertiary/aromatic N) is 2. The van der Waals surface area contributed by atoms with Crippen molar-refractivity contribution in [3.8, 4) is 11.5 Å². The molecule has 3 aliphatic rings. The van der Waals surface area contributed by atoms with Crippen LogP contribution in [0.1, 0.15) is 32.0 Å². The summed E-state index contributed by atoms with van der Waals surface area (Å²) in [4.78, 5) is 30.8. The monoisotopic (exact) mass is 462 g/mol. The van der Waals surface area contributed by atoms with Crippen LogP contribution in [0.4, 0.5) is 19.3 Å². The molecule has 2 aromatic rings. The van der Waals surface area contributed by atoms with E-state index in [0.29, 0.717) is 17.7 Å². The number of hydrogen-bond donors (Lipinski definition) is 3. The average Bonchev–Trinajstić information content (AvgIpc) is 3.22. The summed E-state index contributed by atoms with van der Waals surface area (Å²) in [5.41, 5.74) is -0.882. The molecule has 33 heavy (non-hydrogen) atoms. The number of hydrogen-bond acceptors (Lipinski definition) is 7. The fourth-order valence-electron chi connectivity index (χ4n) is 5.44. The largest absolute Gasteiger partial charge is 0.444 e. The highest BCUT2D eigenvalue weighted by Gasteiger charge is 2.62. The van der Waals surface area contributed by atoms with Crippen molar-refractivity contribution in [2.24, 2.45) is 5.41 Å². The summed E-state index contributed by atoms with van der Waals surface area (Å²) in [5, 5.41) is 15.5. The fraction of sp³-hybridized carbons (Fsp3) is 0.500. The fourth-order valence-corrected chi connectivity index (χ4v) is 5.44. The number of urea groups is 1. The Bertz CT molecular complexity index is 1150. The number of aliphatic hydroxyl groups is 1. The van der Waals surface area contributed by atoms with Gasteiger partial charge in [-0.1, -0.05) is 6.92 Å². The van der Waals surface area contributed by atoms with E-state index in [1.54, 1.807) is 18.7 Å². The maximum atomic E-state index is 15.6. The van der Waals surface area contributed by atoms with Crippen molar-refractivity contribution in [1.82, 2.24) is 15.6 Å². The lowest BCUT2D eigenvalue weighted by molar-refractivity contribution is -0.155.